The van der Waals surface area contributed by atoms with E-state index in [1.54, 1.807) is 0 Å². The van der Waals surface area contributed by atoms with Gasteiger partial charge in [0.25, 0.3) is 0 Å². The monoisotopic (exact) mass is 398 g/mol. The molecular formula is C24H46O4. The highest BCUT2D eigenvalue weighted by Crippen LogP contribution is 2.26. The summed E-state index contributed by atoms with van der Waals surface area (Å²) in [4.78, 5) is 23.7. The number of carbonyl (C=O) groups is 2. The number of ether oxygens (including phenoxy) is 2. The second-order valence-electron chi connectivity index (χ2n) is 8.63. The van der Waals surface area contributed by atoms with Crippen LogP contribution in [0.3, 0.4) is 0 Å². The topological polar surface area (TPSA) is 52.6 Å². The summed E-state index contributed by atoms with van der Waals surface area (Å²) in [6.07, 6.45) is 15.8. The average molecular weight is 399 g/mol. The van der Waals surface area contributed by atoms with Crippen LogP contribution in [0.2, 0.25) is 0 Å². The van der Waals surface area contributed by atoms with Crippen molar-refractivity contribution >= 4 is 11.9 Å². The first kappa shape index (κ1) is 26.9. The Kier molecular flexibility index (Phi) is 17.3. The predicted octanol–water partition coefficient (Wildman–Crippen LogP) is 6.99. The third-order valence-electron chi connectivity index (χ3n) is 5.23. The third kappa shape index (κ3) is 15.9. The Labute approximate surface area is 174 Å². The summed E-state index contributed by atoms with van der Waals surface area (Å²) in [6.45, 7) is 9.42. The molecule has 0 aromatic rings. The molecule has 0 aliphatic rings. The van der Waals surface area contributed by atoms with E-state index in [2.05, 4.69) is 13.8 Å². The number of rotatable bonds is 19. The molecule has 4 heteroatoms. The SMILES string of the molecule is CCCCCOC(=O)CCCCCCCCCC(C)(C)C(=O)OCCCCC. The molecule has 28 heavy (non-hydrogen) atoms. The maximum atomic E-state index is 12.2. The van der Waals surface area contributed by atoms with Gasteiger partial charge in [-0.2, -0.15) is 0 Å². The molecule has 0 aromatic heterocycles. The van der Waals surface area contributed by atoms with Crippen LogP contribution in [0.4, 0.5) is 0 Å². The number of hydrogen-bond acceptors (Lipinski definition) is 4. The molecule has 0 atom stereocenters. The first-order valence-electron chi connectivity index (χ1n) is 11.8. The Bertz CT molecular complexity index is 390. The Morgan fingerprint density at radius 2 is 1.14 bits per heavy atom. The highest BCUT2D eigenvalue weighted by Gasteiger charge is 2.28. The fourth-order valence-corrected chi connectivity index (χ4v) is 3.14. The van der Waals surface area contributed by atoms with Crippen molar-refractivity contribution in [2.24, 2.45) is 5.41 Å². The predicted molar refractivity (Wildman–Crippen MR) is 116 cm³/mol. The fraction of sp³-hybridized carbons (Fsp3) is 0.917. The quantitative estimate of drug-likeness (QED) is 0.174. The van der Waals surface area contributed by atoms with Crippen molar-refractivity contribution in [2.45, 2.75) is 124 Å². The van der Waals surface area contributed by atoms with Crippen LogP contribution < -0.4 is 0 Å². The van der Waals surface area contributed by atoms with Crippen molar-refractivity contribution < 1.29 is 19.1 Å². The van der Waals surface area contributed by atoms with Crippen molar-refractivity contribution in [3.63, 3.8) is 0 Å². The van der Waals surface area contributed by atoms with Gasteiger partial charge in [0.05, 0.1) is 18.6 Å². The lowest BCUT2D eigenvalue weighted by Crippen LogP contribution is -2.27. The second kappa shape index (κ2) is 18.0. The van der Waals surface area contributed by atoms with Crippen LogP contribution in [0.25, 0.3) is 0 Å². The molecule has 0 radical (unpaired) electrons. The van der Waals surface area contributed by atoms with Crippen LogP contribution in [-0.4, -0.2) is 25.2 Å². The van der Waals surface area contributed by atoms with Crippen molar-refractivity contribution in [3.05, 3.63) is 0 Å². The first-order chi connectivity index (χ1) is 13.4. The van der Waals surface area contributed by atoms with E-state index in [1.807, 2.05) is 13.8 Å². The van der Waals surface area contributed by atoms with Crippen molar-refractivity contribution in [1.29, 1.82) is 0 Å². The first-order valence-corrected chi connectivity index (χ1v) is 11.8. The molecule has 4 nitrogen and oxygen atoms in total. The zero-order chi connectivity index (χ0) is 21.1. The van der Waals surface area contributed by atoms with E-state index in [4.69, 9.17) is 9.47 Å². The molecule has 0 rings (SSSR count). The minimum atomic E-state index is -0.371. The molecule has 0 heterocycles. The Hall–Kier alpha value is -1.06. The summed E-state index contributed by atoms with van der Waals surface area (Å²) in [6, 6.07) is 0. The van der Waals surface area contributed by atoms with Crippen LogP contribution in [-0.2, 0) is 19.1 Å². The third-order valence-corrected chi connectivity index (χ3v) is 5.23. The number of hydrogen-bond donors (Lipinski definition) is 0. The Morgan fingerprint density at radius 3 is 1.71 bits per heavy atom. The molecule has 0 spiro atoms. The highest BCUT2D eigenvalue weighted by molar-refractivity contribution is 5.75. The van der Waals surface area contributed by atoms with E-state index in [9.17, 15) is 9.59 Å². The molecule has 166 valence electrons. The van der Waals surface area contributed by atoms with Gasteiger partial charge in [0, 0.05) is 6.42 Å². The summed E-state index contributed by atoms with van der Waals surface area (Å²) in [7, 11) is 0. The van der Waals surface area contributed by atoms with Crippen molar-refractivity contribution in [3.8, 4) is 0 Å². The van der Waals surface area contributed by atoms with E-state index < -0.39 is 0 Å². The molecule has 0 unspecified atom stereocenters. The minimum Gasteiger partial charge on any atom is -0.466 e. The molecular weight excluding hydrogens is 352 g/mol. The van der Waals surface area contributed by atoms with Gasteiger partial charge in [-0.1, -0.05) is 78.1 Å². The van der Waals surface area contributed by atoms with Gasteiger partial charge in [-0.3, -0.25) is 9.59 Å². The average Bonchev–Trinajstić information content (AvgIpc) is 2.67. The number of unbranched alkanes of at least 4 members (excludes halogenated alkanes) is 10. The lowest BCUT2D eigenvalue weighted by Gasteiger charge is -2.22. The van der Waals surface area contributed by atoms with Crippen molar-refractivity contribution in [2.75, 3.05) is 13.2 Å². The molecule has 0 aliphatic carbocycles. The maximum absolute atomic E-state index is 12.2. The normalized spacial score (nSPS) is 11.4. The van der Waals surface area contributed by atoms with Crippen LogP contribution >= 0.6 is 0 Å². The zero-order valence-electron chi connectivity index (χ0n) is 19.2. The van der Waals surface area contributed by atoms with Crippen LogP contribution in [0, 0.1) is 5.41 Å². The number of carbonyl (C=O) groups excluding carboxylic acids is 2. The van der Waals surface area contributed by atoms with Gasteiger partial charge < -0.3 is 9.47 Å². The molecule has 0 amide bonds. The largest absolute Gasteiger partial charge is 0.466 e. The minimum absolute atomic E-state index is 0.0417. The fourth-order valence-electron chi connectivity index (χ4n) is 3.14. The summed E-state index contributed by atoms with van der Waals surface area (Å²) in [5.74, 6) is -0.0925. The smallest absolute Gasteiger partial charge is 0.311 e. The van der Waals surface area contributed by atoms with E-state index in [0.29, 0.717) is 19.6 Å². The summed E-state index contributed by atoms with van der Waals surface area (Å²) in [5, 5.41) is 0. The summed E-state index contributed by atoms with van der Waals surface area (Å²) in [5.41, 5.74) is -0.371. The lowest BCUT2D eigenvalue weighted by atomic mass is 9.87. The highest BCUT2D eigenvalue weighted by atomic mass is 16.5. The van der Waals surface area contributed by atoms with Gasteiger partial charge in [-0.15, -0.1) is 0 Å². The standard InChI is InChI=1S/C24H46O4/c1-5-7-16-20-27-22(25)18-14-12-10-9-11-13-15-19-24(3,4)23(26)28-21-17-8-6-2/h5-21H2,1-4H3. The Balaban J connectivity index is 3.52. The molecule has 0 saturated heterocycles. The van der Waals surface area contributed by atoms with E-state index >= 15 is 0 Å². The molecule has 0 fully saturated rings. The molecule has 0 bridgehead atoms. The van der Waals surface area contributed by atoms with Crippen LogP contribution in [0.1, 0.15) is 124 Å². The van der Waals surface area contributed by atoms with E-state index in [-0.39, 0.29) is 17.4 Å². The van der Waals surface area contributed by atoms with Crippen LogP contribution in [0.15, 0.2) is 0 Å². The molecule has 0 aromatic carbocycles. The molecule has 0 N–H and O–H groups in total. The number of esters is 2. The van der Waals surface area contributed by atoms with Gasteiger partial charge in [-0.05, 0) is 39.5 Å². The Morgan fingerprint density at radius 1 is 0.643 bits per heavy atom. The molecule has 0 saturated carbocycles. The maximum Gasteiger partial charge on any atom is 0.311 e. The van der Waals surface area contributed by atoms with Crippen LogP contribution in [0.5, 0.6) is 0 Å². The van der Waals surface area contributed by atoms with Gasteiger partial charge in [0.1, 0.15) is 0 Å². The van der Waals surface area contributed by atoms with E-state index in [0.717, 1.165) is 70.6 Å². The lowest BCUT2D eigenvalue weighted by molar-refractivity contribution is -0.154. The summed E-state index contributed by atoms with van der Waals surface area (Å²) < 4.78 is 10.6. The van der Waals surface area contributed by atoms with Gasteiger partial charge in [0.15, 0.2) is 0 Å². The van der Waals surface area contributed by atoms with Gasteiger partial charge in [0.2, 0.25) is 0 Å². The van der Waals surface area contributed by atoms with Gasteiger partial charge >= 0.3 is 11.9 Å². The van der Waals surface area contributed by atoms with E-state index in [1.165, 1.54) is 19.3 Å². The van der Waals surface area contributed by atoms with Gasteiger partial charge in [-0.25, -0.2) is 0 Å². The van der Waals surface area contributed by atoms with Crippen molar-refractivity contribution in [1.82, 2.24) is 0 Å². The summed E-state index contributed by atoms with van der Waals surface area (Å²) >= 11 is 0. The second-order valence-corrected chi connectivity index (χ2v) is 8.63. The molecule has 0 aliphatic heterocycles. The zero-order valence-corrected chi connectivity index (χ0v) is 19.2.